The first-order valence-corrected chi connectivity index (χ1v) is 12.3. The van der Waals surface area contributed by atoms with E-state index in [1.54, 1.807) is 34.9 Å². The molecule has 0 saturated carbocycles. The van der Waals surface area contributed by atoms with Crippen molar-refractivity contribution in [3.8, 4) is 22.9 Å². The van der Waals surface area contributed by atoms with Crippen molar-refractivity contribution >= 4 is 34.8 Å². The van der Waals surface area contributed by atoms with Gasteiger partial charge in [0, 0.05) is 5.56 Å². The molecule has 0 unspecified atom stereocenters. The number of fused-ring (bicyclic) bond motifs is 1. The first-order chi connectivity index (χ1) is 18.0. The van der Waals surface area contributed by atoms with Gasteiger partial charge in [0.15, 0.2) is 16.7 Å². The lowest BCUT2D eigenvalue weighted by molar-refractivity contribution is -0.118. The third-order valence-corrected chi connectivity index (χ3v) is 6.46. The van der Waals surface area contributed by atoms with Crippen LogP contribution in [0.4, 0.5) is 0 Å². The van der Waals surface area contributed by atoms with Crippen molar-refractivity contribution in [3.05, 3.63) is 82.1 Å². The van der Waals surface area contributed by atoms with E-state index >= 15 is 0 Å². The van der Waals surface area contributed by atoms with Gasteiger partial charge in [0.05, 0.1) is 49.9 Å². The summed E-state index contributed by atoms with van der Waals surface area (Å²) in [6.45, 7) is 1.93. The highest BCUT2D eigenvalue weighted by Gasteiger charge is 2.16. The van der Waals surface area contributed by atoms with E-state index < -0.39 is 0 Å². The maximum Gasteiger partial charge on any atom is 0.266 e. The first-order valence-electron chi connectivity index (χ1n) is 11.3. The average Bonchev–Trinajstić information content (AvgIpc) is 2.92. The van der Waals surface area contributed by atoms with Gasteiger partial charge in [0.25, 0.3) is 11.5 Å². The molecule has 0 aliphatic rings. The highest BCUT2D eigenvalue weighted by molar-refractivity contribution is 7.99. The number of para-hydroxylation sites is 2. The van der Waals surface area contributed by atoms with Crippen LogP contribution in [-0.4, -0.2) is 48.8 Å². The van der Waals surface area contributed by atoms with Crippen molar-refractivity contribution in [3.63, 3.8) is 0 Å². The molecule has 0 atom stereocenters. The van der Waals surface area contributed by atoms with Crippen LogP contribution in [0.1, 0.15) is 11.1 Å². The minimum Gasteiger partial charge on any atom is -0.493 e. The number of carbonyl (C=O) groups is 1. The van der Waals surface area contributed by atoms with Gasteiger partial charge in [0.2, 0.25) is 5.75 Å². The Morgan fingerprint density at radius 1 is 1.03 bits per heavy atom. The molecule has 0 aliphatic heterocycles. The summed E-state index contributed by atoms with van der Waals surface area (Å²) in [7, 11) is 4.57. The zero-order valence-electron chi connectivity index (χ0n) is 20.8. The quantitative estimate of drug-likeness (QED) is 0.155. The number of hydrogen-bond donors (Lipinski definition) is 1. The number of methoxy groups -OCH3 is 3. The van der Waals surface area contributed by atoms with E-state index in [1.807, 2.05) is 37.3 Å². The molecule has 3 aromatic carbocycles. The van der Waals surface area contributed by atoms with Gasteiger partial charge in [-0.05, 0) is 42.8 Å². The molecule has 0 spiro atoms. The molecule has 9 nitrogen and oxygen atoms in total. The van der Waals surface area contributed by atoms with E-state index in [0.29, 0.717) is 44.6 Å². The van der Waals surface area contributed by atoms with E-state index in [0.717, 1.165) is 17.3 Å². The highest BCUT2D eigenvalue weighted by Crippen LogP contribution is 2.37. The minimum absolute atomic E-state index is 0.00323. The van der Waals surface area contributed by atoms with E-state index in [1.165, 1.54) is 27.5 Å². The fraction of sp³-hybridized carbons (Fsp3) is 0.185. The van der Waals surface area contributed by atoms with Gasteiger partial charge < -0.3 is 14.2 Å². The summed E-state index contributed by atoms with van der Waals surface area (Å²) in [4.78, 5) is 30.6. The second-order valence-corrected chi connectivity index (χ2v) is 8.82. The number of hydrogen-bond acceptors (Lipinski definition) is 8. The molecular formula is C27H26N4O5S. The summed E-state index contributed by atoms with van der Waals surface area (Å²) in [5, 5.41) is 4.97. The summed E-state index contributed by atoms with van der Waals surface area (Å²) < 4.78 is 17.5. The van der Waals surface area contributed by atoms with Gasteiger partial charge in [0.1, 0.15) is 0 Å². The monoisotopic (exact) mass is 518 g/mol. The summed E-state index contributed by atoms with van der Waals surface area (Å²) in [5.41, 5.74) is 5.17. The normalized spacial score (nSPS) is 11.0. The van der Waals surface area contributed by atoms with Gasteiger partial charge in [-0.2, -0.15) is 5.10 Å². The highest BCUT2D eigenvalue weighted by atomic mass is 32.2. The van der Waals surface area contributed by atoms with E-state index in [2.05, 4.69) is 15.5 Å². The summed E-state index contributed by atoms with van der Waals surface area (Å²) >= 11 is 1.16. The van der Waals surface area contributed by atoms with Crippen molar-refractivity contribution in [1.82, 2.24) is 15.0 Å². The Morgan fingerprint density at radius 3 is 2.38 bits per heavy atom. The molecule has 0 fully saturated rings. The number of carbonyl (C=O) groups excluding carboxylic acids is 1. The maximum absolute atomic E-state index is 13.4. The number of ether oxygens (including phenoxy) is 3. The number of aryl methyl sites for hydroxylation is 1. The van der Waals surface area contributed by atoms with E-state index in [-0.39, 0.29) is 17.2 Å². The lowest BCUT2D eigenvalue weighted by Crippen LogP contribution is -2.24. The Labute approximate surface area is 218 Å². The predicted octanol–water partition coefficient (Wildman–Crippen LogP) is 3.96. The van der Waals surface area contributed by atoms with Crippen LogP contribution in [-0.2, 0) is 4.79 Å². The van der Waals surface area contributed by atoms with Crippen LogP contribution in [0.3, 0.4) is 0 Å². The van der Waals surface area contributed by atoms with E-state index in [4.69, 9.17) is 14.2 Å². The number of benzene rings is 3. The van der Waals surface area contributed by atoms with Crippen LogP contribution in [0.5, 0.6) is 17.2 Å². The molecular weight excluding hydrogens is 492 g/mol. The zero-order valence-corrected chi connectivity index (χ0v) is 21.7. The lowest BCUT2D eigenvalue weighted by Gasteiger charge is -2.14. The van der Waals surface area contributed by atoms with Gasteiger partial charge in [-0.15, -0.1) is 0 Å². The molecule has 1 N–H and O–H groups in total. The van der Waals surface area contributed by atoms with Gasteiger partial charge >= 0.3 is 0 Å². The summed E-state index contributed by atoms with van der Waals surface area (Å²) in [6.07, 6.45) is 1.48. The molecule has 0 aliphatic carbocycles. The third kappa shape index (κ3) is 5.59. The Bertz CT molecular complexity index is 1510. The van der Waals surface area contributed by atoms with Crippen LogP contribution in [0, 0.1) is 6.92 Å². The molecule has 37 heavy (non-hydrogen) atoms. The smallest absolute Gasteiger partial charge is 0.266 e. The van der Waals surface area contributed by atoms with Crippen LogP contribution < -0.4 is 25.2 Å². The first kappa shape index (κ1) is 25.8. The third-order valence-electron chi connectivity index (χ3n) is 5.52. The van der Waals surface area contributed by atoms with Crippen molar-refractivity contribution in [2.24, 2.45) is 5.10 Å². The Morgan fingerprint density at radius 2 is 1.70 bits per heavy atom. The standard InChI is InChI=1S/C27H26N4O5S/c1-17-9-5-8-12-21(17)31-26(33)19-10-6-7-11-20(19)29-27(31)37-16-24(32)30-28-15-18-13-22(34-2)25(36-4)23(14-18)35-3/h5-15H,16H2,1-4H3,(H,30,32)/b28-15-. The Hall–Kier alpha value is -4.31. The van der Waals surface area contributed by atoms with Crippen LogP contribution in [0.25, 0.3) is 16.6 Å². The van der Waals surface area contributed by atoms with Crippen LogP contribution in [0.15, 0.2) is 75.7 Å². The largest absolute Gasteiger partial charge is 0.493 e. The molecule has 4 rings (SSSR count). The number of hydrazone groups is 1. The fourth-order valence-corrected chi connectivity index (χ4v) is 4.55. The van der Waals surface area contributed by atoms with Gasteiger partial charge in [-0.25, -0.2) is 10.4 Å². The predicted molar refractivity (Wildman–Crippen MR) is 145 cm³/mol. The van der Waals surface area contributed by atoms with Crippen molar-refractivity contribution in [2.45, 2.75) is 12.1 Å². The number of nitrogens with zero attached hydrogens (tertiary/aromatic N) is 3. The fourth-order valence-electron chi connectivity index (χ4n) is 3.75. The molecule has 1 aromatic heterocycles. The van der Waals surface area contributed by atoms with Gasteiger partial charge in [-0.3, -0.25) is 14.2 Å². The molecule has 0 radical (unpaired) electrons. The van der Waals surface area contributed by atoms with E-state index in [9.17, 15) is 9.59 Å². The molecule has 0 saturated heterocycles. The molecule has 0 bridgehead atoms. The second-order valence-electron chi connectivity index (χ2n) is 7.88. The molecule has 190 valence electrons. The number of nitrogens with one attached hydrogen (secondary N) is 1. The average molecular weight is 519 g/mol. The minimum atomic E-state index is -0.354. The zero-order chi connectivity index (χ0) is 26.4. The lowest BCUT2D eigenvalue weighted by atomic mass is 10.2. The number of thioether (sulfide) groups is 1. The number of aromatic nitrogens is 2. The SMILES string of the molecule is COc1cc(/C=N\NC(=O)CSc2nc3ccccc3c(=O)n2-c2ccccc2C)cc(OC)c1OC. The topological polar surface area (TPSA) is 104 Å². The van der Waals surface area contributed by atoms with Crippen LogP contribution in [0.2, 0.25) is 0 Å². The maximum atomic E-state index is 13.4. The van der Waals surface area contributed by atoms with Crippen molar-refractivity contribution in [2.75, 3.05) is 27.1 Å². The molecule has 1 heterocycles. The molecule has 4 aromatic rings. The van der Waals surface area contributed by atoms with Crippen LogP contribution >= 0.6 is 11.8 Å². The molecule has 1 amide bonds. The second kappa shape index (κ2) is 11.6. The van der Waals surface area contributed by atoms with Gasteiger partial charge in [-0.1, -0.05) is 42.1 Å². The summed E-state index contributed by atoms with van der Waals surface area (Å²) in [6, 6.07) is 18.1. The van der Waals surface area contributed by atoms with Crippen molar-refractivity contribution in [1.29, 1.82) is 0 Å². The Kier molecular flexibility index (Phi) is 8.09. The summed E-state index contributed by atoms with van der Waals surface area (Å²) in [5.74, 6) is 1.06. The Balaban J connectivity index is 1.54. The number of amides is 1. The van der Waals surface area contributed by atoms with Crippen molar-refractivity contribution < 1.29 is 19.0 Å². The number of rotatable bonds is 9. The molecule has 10 heteroatoms.